The van der Waals surface area contributed by atoms with Gasteiger partial charge in [-0.3, -0.25) is 14.9 Å². The normalized spacial score (nSPS) is 17.0. The van der Waals surface area contributed by atoms with E-state index in [0.717, 1.165) is 23.2 Å². The van der Waals surface area contributed by atoms with E-state index in [1.54, 1.807) is 25.1 Å². The highest BCUT2D eigenvalue weighted by atomic mass is 19.4. The standard InChI is InChI=1S/C22H21F3N4O5/c1-12(13-7-14(22(23,24)25)9-15(8-13)29(31)32)26-20-19-10-16(34-17-5-6-33-11-17)3-4-18(19)21(30)28(2)27-20/h3-4,7-10,12,17H,5-6,11H2,1-2H3,(H,26,27)/t12-,17?/m1/s1. The van der Waals surface area contributed by atoms with Gasteiger partial charge >= 0.3 is 6.18 Å². The Morgan fingerprint density at radius 3 is 2.68 bits per heavy atom. The fourth-order valence-corrected chi connectivity index (χ4v) is 3.75. The molecule has 12 heteroatoms. The van der Waals surface area contributed by atoms with E-state index in [1.165, 1.54) is 7.05 Å². The van der Waals surface area contributed by atoms with Crippen LogP contribution in [0, 0.1) is 10.1 Å². The largest absolute Gasteiger partial charge is 0.488 e. The molecule has 180 valence electrons. The number of hydrogen-bond donors (Lipinski definition) is 1. The predicted molar refractivity (Wildman–Crippen MR) is 117 cm³/mol. The summed E-state index contributed by atoms with van der Waals surface area (Å²) in [6.45, 7) is 2.59. The number of rotatable bonds is 6. The number of nitro groups is 1. The summed E-state index contributed by atoms with van der Waals surface area (Å²) < 4.78 is 52.2. The molecule has 1 fully saturated rings. The Bertz CT molecular complexity index is 1300. The number of nitrogens with zero attached hydrogens (tertiary/aromatic N) is 3. The number of nitrogens with one attached hydrogen (secondary N) is 1. The van der Waals surface area contributed by atoms with Crippen LogP contribution in [0.15, 0.2) is 41.2 Å². The zero-order valence-electron chi connectivity index (χ0n) is 18.3. The van der Waals surface area contributed by atoms with Crippen LogP contribution in [-0.2, 0) is 18.0 Å². The summed E-state index contributed by atoms with van der Waals surface area (Å²) in [7, 11) is 1.45. The third-order valence-corrected chi connectivity index (χ3v) is 5.54. The van der Waals surface area contributed by atoms with Gasteiger partial charge < -0.3 is 14.8 Å². The summed E-state index contributed by atoms with van der Waals surface area (Å²) in [4.78, 5) is 22.9. The molecular weight excluding hydrogens is 457 g/mol. The second kappa shape index (κ2) is 8.93. The lowest BCUT2D eigenvalue weighted by molar-refractivity contribution is -0.385. The molecular formula is C22H21F3N4O5. The first-order valence-corrected chi connectivity index (χ1v) is 10.4. The lowest BCUT2D eigenvalue weighted by atomic mass is 10.0. The maximum atomic E-state index is 13.3. The van der Waals surface area contributed by atoms with E-state index in [1.807, 2.05) is 0 Å². The number of non-ortho nitro benzene ring substituents is 1. The number of ether oxygens (including phenoxy) is 2. The fourth-order valence-electron chi connectivity index (χ4n) is 3.75. The molecule has 1 saturated heterocycles. The van der Waals surface area contributed by atoms with Crippen molar-refractivity contribution in [1.29, 1.82) is 0 Å². The maximum absolute atomic E-state index is 13.3. The van der Waals surface area contributed by atoms with Crippen LogP contribution in [0.2, 0.25) is 0 Å². The molecule has 2 aromatic carbocycles. The fraction of sp³-hybridized carbons (Fsp3) is 0.364. The van der Waals surface area contributed by atoms with Crippen LogP contribution in [0.5, 0.6) is 5.75 Å². The summed E-state index contributed by atoms with van der Waals surface area (Å²) in [6, 6.07) is 6.50. The highest BCUT2D eigenvalue weighted by Crippen LogP contribution is 2.35. The summed E-state index contributed by atoms with van der Waals surface area (Å²) in [6.07, 6.45) is -4.15. The Kier molecular flexibility index (Phi) is 6.17. The average Bonchev–Trinajstić information content (AvgIpc) is 3.29. The maximum Gasteiger partial charge on any atom is 0.416 e. The average molecular weight is 478 g/mol. The van der Waals surface area contributed by atoms with Gasteiger partial charge in [0.2, 0.25) is 0 Å². The molecule has 2 heterocycles. The number of alkyl halides is 3. The molecule has 3 aromatic rings. The molecule has 1 N–H and O–H groups in total. The van der Waals surface area contributed by atoms with Gasteiger partial charge in [0, 0.05) is 31.0 Å². The summed E-state index contributed by atoms with van der Waals surface area (Å²) >= 11 is 0. The van der Waals surface area contributed by atoms with Gasteiger partial charge in [-0.15, -0.1) is 0 Å². The molecule has 1 unspecified atom stereocenters. The number of aromatic nitrogens is 2. The van der Waals surface area contributed by atoms with Crippen LogP contribution in [0.4, 0.5) is 24.7 Å². The van der Waals surface area contributed by atoms with Crippen molar-refractivity contribution in [3.8, 4) is 5.75 Å². The molecule has 1 aliphatic heterocycles. The van der Waals surface area contributed by atoms with Crippen molar-refractivity contribution >= 4 is 22.3 Å². The monoisotopic (exact) mass is 478 g/mol. The number of halogens is 3. The topological polar surface area (TPSA) is 109 Å². The van der Waals surface area contributed by atoms with Gasteiger partial charge in [-0.2, -0.15) is 18.3 Å². The Labute approximate surface area is 191 Å². The highest BCUT2D eigenvalue weighted by molar-refractivity contribution is 5.92. The first-order chi connectivity index (χ1) is 16.0. The van der Waals surface area contributed by atoms with E-state index >= 15 is 0 Å². The minimum Gasteiger partial charge on any atom is -0.488 e. The summed E-state index contributed by atoms with van der Waals surface area (Å²) in [5.41, 5.74) is -2.12. The smallest absolute Gasteiger partial charge is 0.416 e. The van der Waals surface area contributed by atoms with Crippen molar-refractivity contribution in [2.45, 2.75) is 31.7 Å². The SMILES string of the molecule is C[C@@H](Nc1nn(C)c(=O)c2ccc(OC3CCOC3)cc12)c1cc([N+](=O)[O-])cc(C(F)(F)F)c1. The number of nitro benzene ring substituents is 1. The van der Waals surface area contributed by atoms with Gasteiger partial charge in [0.15, 0.2) is 5.82 Å². The van der Waals surface area contributed by atoms with Crippen LogP contribution in [0.1, 0.15) is 30.5 Å². The molecule has 0 spiro atoms. The predicted octanol–water partition coefficient (Wildman–Crippen LogP) is 4.20. The van der Waals surface area contributed by atoms with Crippen molar-refractivity contribution < 1.29 is 27.6 Å². The Morgan fingerprint density at radius 2 is 2.03 bits per heavy atom. The number of benzene rings is 2. The van der Waals surface area contributed by atoms with Crippen LogP contribution in [0.25, 0.3) is 10.8 Å². The molecule has 0 bridgehead atoms. The zero-order valence-corrected chi connectivity index (χ0v) is 18.3. The molecule has 34 heavy (non-hydrogen) atoms. The Hall–Kier alpha value is -3.67. The number of aryl methyl sites for hydroxylation is 1. The third kappa shape index (κ3) is 4.81. The molecule has 2 atom stereocenters. The number of hydrogen-bond acceptors (Lipinski definition) is 7. The molecule has 0 aliphatic carbocycles. The first-order valence-electron chi connectivity index (χ1n) is 10.4. The van der Waals surface area contributed by atoms with Crippen LogP contribution < -0.4 is 15.6 Å². The van der Waals surface area contributed by atoms with Gasteiger partial charge in [0.25, 0.3) is 11.2 Å². The van der Waals surface area contributed by atoms with Gasteiger partial charge in [-0.25, -0.2) is 4.68 Å². The summed E-state index contributed by atoms with van der Waals surface area (Å²) in [5.74, 6) is 0.709. The summed E-state index contributed by atoms with van der Waals surface area (Å²) in [5, 5.41) is 19.2. The van der Waals surface area contributed by atoms with Crippen LogP contribution in [-0.4, -0.2) is 34.0 Å². The third-order valence-electron chi connectivity index (χ3n) is 5.54. The Morgan fingerprint density at radius 1 is 1.26 bits per heavy atom. The first kappa shape index (κ1) is 23.5. The minimum absolute atomic E-state index is 0.0424. The van der Waals surface area contributed by atoms with Crippen molar-refractivity contribution in [1.82, 2.24) is 9.78 Å². The lowest BCUT2D eigenvalue weighted by Crippen LogP contribution is -2.22. The molecule has 1 aliphatic rings. The molecule has 0 amide bonds. The minimum atomic E-state index is -4.75. The van der Waals surface area contributed by atoms with E-state index < -0.39 is 28.4 Å². The number of fused-ring (bicyclic) bond motifs is 1. The quantitative estimate of drug-likeness (QED) is 0.418. The molecule has 1 aromatic heterocycles. The van der Waals surface area contributed by atoms with Gasteiger partial charge in [0.05, 0.1) is 35.1 Å². The van der Waals surface area contributed by atoms with E-state index in [-0.39, 0.29) is 23.0 Å². The van der Waals surface area contributed by atoms with Crippen LogP contribution >= 0.6 is 0 Å². The molecule has 4 rings (SSSR count). The highest BCUT2D eigenvalue weighted by Gasteiger charge is 2.33. The van der Waals surface area contributed by atoms with Gasteiger partial charge in [-0.05, 0) is 36.8 Å². The lowest BCUT2D eigenvalue weighted by Gasteiger charge is -2.19. The van der Waals surface area contributed by atoms with Crippen molar-refractivity contribution in [3.63, 3.8) is 0 Å². The van der Waals surface area contributed by atoms with Crippen molar-refractivity contribution in [3.05, 3.63) is 68.0 Å². The molecule has 0 saturated carbocycles. The number of anilines is 1. The van der Waals surface area contributed by atoms with Gasteiger partial charge in [0.1, 0.15) is 11.9 Å². The van der Waals surface area contributed by atoms with E-state index in [9.17, 15) is 28.1 Å². The second-order valence-electron chi connectivity index (χ2n) is 8.02. The molecule has 0 radical (unpaired) electrons. The Balaban J connectivity index is 1.73. The van der Waals surface area contributed by atoms with Crippen molar-refractivity contribution in [2.75, 3.05) is 18.5 Å². The van der Waals surface area contributed by atoms with Crippen LogP contribution in [0.3, 0.4) is 0 Å². The molecule has 9 nitrogen and oxygen atoms in total. The van der Waals surface area contributed by atoms with E-state index in [2.05, 4.69) is 10.4 Å². The zero-order chi connectivity index (χ0) is 24.6. The van der Waals surface area contributed by atoms with Gasteiger partial charge in [-0.1, -0.05) is 0 Å². The van der Waals surface area contributed by atoms with E-state index in [4.69, 9.17) is 9.47 Å². The van der Waals surface area contributed by atoms with E-state index in [0.29, 0.717) is 35.8 Å². The second-order valence-corrected chi connectivity index (χ2v) is 8.02. The van der Waals surface area contributed by atoms with Crippen molar-refractivity contribution in [2.24, 2.45) is 7.05 Å².